The number of morpholine rings is 1. The molecule has 0 aliphatic carbocycles. The second kappa shape index (κ2) is 6.04. The van der Waals surface area contributed by atoms with Crippen molar-refractivity contribution < 1.29 is 23.1 Å². The molecule has 2 unspecified atom stereocenters. The SMILES string of the molecule is CC1CN(S(=O)(=O)c2ccc(C(=O)O)cc2Br)CC(C)O1. The van der Waals surface area contributed by atoms with Gasteiger partial charge in [-0.2, -0.15) is 4.31 Å². The lowest BCUT2D eigenvalue weighted by molar-refractivity contribution is -0.0440. The molecule has 0 radical (unpaired) electrons. The molecule has 1 aromatic rings. The van der Waals surface area contributed by atoms with Crippen LogP contribution in [0.4, 0.5) is 0 Å². The summed E-state index contributed by atoms with van der Waals surface area (Å²) >= 11 is 3.15. The number of sulfonamides is 1. The Bertz CT molecular complexity index is 651. The highest BCUT2D eigenvalue weighted by Crippen LogP contribution is 2.28. The van der Waals surface area contributed by atoms with Crippen LogP contribution in [0.15, 0.2) is 27.6 Å². The maximum atomic E-state index is 12.7. The third kappa shape index (κ3) is 3.45. The molecular weight excluding hydrogens is 362 g/mol. The average molecular weight is 378 g/mol. The Kier molecular flexibility index (Phi) is 4.72. The van der Waals surface area contributed by atoms with E-state index in [0.717, 1.165) is 0 Å². The van der Waals surface area contributed by atoms with Gasteiger partial charge in [-0.1, -0.05) is 0 Å². The summed E-state index contributed by atoms with van der Waals surface area (Å²) < 4.78 is 32.5. The van der Waals surface area contributed by atoms with E-state index >= 15 is 0 Å². The number of ether oxygens (including phenoxy) is 1. The van der Waals surface area contributed by atoms with Crippen molar-refractivity contribution in [3.63, 3.8) is 0 Å². The Labute approximate surface area is 131 Å². The summed E-state index contributed by atoms with van der Waals surface area (Å²) in [6.07, 6.45) is -0.360. The number of rotatable bonds is 3. The van der Waals surface area contributed by atoms with Crippen molar-refractivity contribution in [2.24, 2.45) is 0 Å². The lowest BCUT2D eigenvalue weighted by atomic mass is 10.2. The van der Waals surface area contributed by atoms with Crippen LogP contribution in [-0.2, 0) is 14.8 Å². The van der Waals surface area contributed by atoms with Crippen molar-refractivity contribution in [3.05, 3.63) is 28.2 Å². The molecule has 0 saturated carbocycles. The molecule has 0 aromatic heterocycles. The number of halogens is 1. The summed E-state index contributed by atoms with van der Waals surface area (Å²) in [6, 6.07) is 3.89. The standard InChI is InChI=1S/C13H16BrNO5S/c1-8-6-15(7-9(2)20-8)21(18,19)12-4-3-10(13(16)17)5-11(12)14/h3-5,8-9H,6-7H2,1-2H3,(H,16,17). The zero-order chi connectivity index (χ0) is 15.8. The van der Waals surface area contributed by atoms with Crippen molar-refractivity contribution in [1.29, 1.82) is 0 Å². The van der Waals surface area contributed by atoms with Crippen LogP contribution in [0.2, 0.25) is 0 Å². The van der Waals surface area contributed by atoms with Crippen LogP contribution in [-0.4, -0.2) is 49.1 Å². The largest absolute Gasteiger partial charge is 0.478 e. The minimum absolute atomic E-state index is 0.0320. The number of nitrogens with zero attached hydrogens (tertiary/aromatic N) is 1. The van der Waals surface area contributed by atoms with Gasteiger partial charge < -0.3 is 9.84 Å². The maximum Gasteiger partial charge on any atom is 0.335 e. The molecule has 0 amide bonds. The van der Waals surface area contributed by atoms with Crippen LogP contribution in [0.3, 0.4) is 0 Å². The molecule has 1 heterocycles. The lowest BCUT2D eigenvalue weighted by Crippen LogP contribution is -2.48. The zero-order valence-electron chi connectivity index (χ0n) is 11.6. The molecule has 1 aliphatic heterocycles. The number of carboxylic acid groups (broad SMARTS) is 1. The maximum absolute atomic E-state index is 12.7. The van der Waals surface area contributed by atoms with Crippen molar-refractivity contribution in [1.82, 2.24) is 4.31 Å². The Morgan fingerprint density at radius 1 is 1.33 bits per heavy atom. The molecule has 2 rings (SSSR count). The summed E-state index contributed by atoms with van der Waals surface area (Å²) in [5, 5.41) is 8.92. The summed E-state index contributed by atoms with van der Waals surface area (Å²) in [5.74, 6) is -1.10. The van der Waals surface area contributed by atoms with E-state index in [1.54, 1.807) is 0 Å². The second-order valence-electron chi connectivity index (χ2n) is 5.03. The molecule has 8 heteroatoms. The average Bonchev–Trinajstić information content (AvgIpc) is 2.36. The Morgan fingerprint density at radius 3 is 2.38 bits per heavy atom. The summed E-state index contributed by atoms with van der Waals surface area (Å²) in [6.45, 7) is 4.20. The molecule has 1 saturated heterocycles. The Balaban J connectivity index is 2.37. The molecule has 1 fully saturated rings. The van der Waals surface area contributed by atoms with Crippen LogP contribution in [0.5, 0.6) is 0 Å². The predicted molar refractivity (Wildman–Crippen MR) is 79.9 cm³/mol. The van der Waals surface area contributed by atoms with E-state index in [0.29, 0.717) is 0 Å². The van der Waals surface area contributed by atoms with Crippen LogP contribution >= 0.6 is 15.9 Å². The normalized spacial score (nSPS) is 24.0. The molecule has 0 bridgehead atoms. The third-order valence-electron chi connectivity index (χ3n) is 3.18. The second-order valence-corrected chi connectivity index (χ2v) is 7.79. The van der Waals surface area contributed by atoms with E-state index in [1.807, 2.05) is 13.8 Å². The van der Waals surface area contributed by atoms with E-state index in [9.17, 15) is 13.2 Å². The fraction of sp³-hybridized carbons (Fsp3) is 0.462. The van der Waals surface area contributed by atoms with Crippen molar-refractivity contribution >= 4 is 31.9 Å². The quantitative estimate of drug-likeness (QED) is 0.869. The van der Waals surface area contributed by atoms with E-state index in [-0.39, 0.29) is 40.2 Å². The van der Waals surface area contributed by atoms with E-state index < -0.39 is 16.0 Å². The number of benzene rings is 1. The highest BCUT2D eigenvalue weighted by molar-refractivity contribution is 9.10. The smallest absolute Gasteiger partial charge is 0.335 e. The first-order valence-electron chi connectivity index (χ1n) is 6.40. The van der Waals surface area contributed by atoms with Gasteiger partial charge in [0.1, 0.15) is 0 Å². The van der Waals surface area contributed by atoms with E-state index in [2.05, 4.69) is 15.9 Å². The van der Waals surface area contributed by atoms with Gasteiger partial charge >= 0.3 is 5.97 Å². The molecule has 2 atom stereocenters. The third-order valence-corrected chi connectivity index (χ3v) is 5.99. The van der Waals surface area contributed by atoms with Gasteiger partial charge in [0.15, 0.2) is 0 Å². The fourth-order valence-electron chi connectivity index (χ4n) is 2.31. The molecule has 1 aromatic carbocycles. The molecule has 0 spiro atoms. The van der Waals surface area contributed by atoms with Crippen LogP contribution < -0.4 is 0 Å². The molecule has 1 aliphatic rings. The van der Waals surface area contributed by atoms with Gasteiger partial charge in [0.05, 0.1) is 22.7 Å². The highest BCUT2D eigenvalue weighted by Gasteiger charge is 2.33. The molecule has 116 valence electrons. The number of carbonyl (C=O) groups is 1. The molecule has 6 nitrogen and oxygen atoms in total. The number of carboxylic acids is 1. The zero-order valence-corrected chi connectivity index (χ0v) is 14.0. The Morgan fingerprint density at radius 2 is 1.90 bits per heavy atom. The van der Waals surface area contributed by atoms with Gasteiger partial charge in [0.25, 0.3) is 0 Å². The van der Waals surface area contributed by atoms with Crippen molar-refractivity contribution in [3.8, 4) is 0 Å². The number of aromatic carboxylic acids is 1. The fourth-order valence-corrected chi connectivity index (χ4v) is 4.94. The van der Waals surface area contributed by atoms with Gasteiger partial charge in [-0.05, 0) is 48.0 Å². The highest BCUT2D eigenvalue weighted by atomic mass is 79.9. The molecule has 21 heavy (non-hydrogen) atoms. The minimum atomic E-state index is -3.69. The summed E-state index contributed by atoms with van der Waals surface area (Å²) in [4.78, 5) is 11.0. The first kappa shape index (κ1) is 16.4. The minimum Gasteiger partial charge on any atom is -0.478 e. The number of hydrogen-bond acceptors (Lipinski definition) is 4. The summed E-state index contributed by atoms with van der Waals surface area (Å²) in [5.41, 5.74) is 0.0320. The lowest BCUT2D eigenvalue weighted by Gasteiger charge is -2.34. The van der Waals surface area contributed by atoms with E-state index in [1.165, 1.54) is 22.5 Å². The monoisotopic (exact) mass is 377 g/mol. The number of hydrogen-bond donors (Lipinski definition) is 1. The van der Waals surface area contributed by atoms with Gasteiger partial charge in [-0.3, -0.25) is 0 Å². The van der Waals surface area contributed by atoms with Crippen LogP contribution in [0.1, 0.15) is 24.2 Å². The van der Waals surface area contributed by atoms with Gasteiger partial charge in [0.2, 0.25) is 10.0 Å². The molecule has 1 N–H and O–H groups in total. The summed E-state index contributed by atoms with van der Waals surface area (Å²) in [7, 11) is -3.69. The van der Waals surface area contributed by atoms with Gasteiger partial charge in [0, 0.05) is 17.6 Å². The van der Waals surface area contributed by atoms with Crippen molar-refractivity contribution in [2.75, 3.05) is 13.1 Å². The van der Waals surface area contributed by atoms with Gasteiger partial charge in [-0.25, -0.2) is 13.2 Å². The Hall–Kier alpha value is -0.960. The first-order chi connectivity index (χ1) is 9.71. The van der Waals surface area contributed by atoms with Gasteiger partial charge in [-0.15, -0.1) is 0 Å². The van der Waals surface area contributed by atoms with E-state index in [4.69, 9.17) is 9.84 Å². The van der Waals surface area contributed by atoms with Crippen LogP contribution in [0, 0.1) is 0 Å². The topological polar surface area (TPSA) is 83.9 Å². The van der Waals surface area contributed by atoms with Crippen molar-refractivity contribution in [2.45, 2.75) is 31.0 Å². The van der Waals surface area contributed by atoms with Crippen LogP contribution in [0.25, 0.3) is 0 Å². The predicted octanol–water partition coefficient (Wildman–Crippen LogP) is 1.95. The molecular formula is C13H16BrNO5S. The first-order valence-corrected chi connectivity index (χ1v) is 8.63.